The van der Waals surface area contributed by atoms with Crippen LogP contribution < -0.4 is 10.2 Å². The molecule has 1 fully saturated rings. The number of hydrogen-bond donors (Lipinski definition) is 1. The Morgan fingerprint density at radius 2 is 1.95 bits per heavy atom. The van der Waals surface area contributed by atoms with Gasteiger partial charge in [-0.2, -0.15) is 0 Å². The Balaban J connectivity index is 2.42. The third-order valence-electron chi connectivity index (χ3n) is 4.01. The molecule has 0 aromatic heterocycles. The molecule has 4 nitrogen and oxygen atoms in total. The van der Waals surface area contributed by atoms with Crippen LogP contribution in [0.2, 0.25) is 0 Å². The third-order valence-corrected chi connectivity index (χ3v) is 4.01. The van der Waals surface area contributed by atoms with Crippen molar-refractivity contribution in [1.29, 1.82) is 0 Å². The van der Waals surface area contributed by atoms with Crippen molar-refractivity contribution in [2.24, 2.45) is 0 Å². The summed E-state index contributed by atoms with van der Waals surface area (Å²) >= 11 is 0. The van der Waals surface area contributed by atoms with Gasteiger partial charge in [0.15, 0.2) is 0 Å². The molecule has 0 saturated carbocycles. The number of anilines is 1. The van der Waals surface area contributed by atoms with Crippen molar-refractivity contribution >= 4 is 17.5 Å². The van der Waals surface area contributed by atoms with E-state index < -0.39 is 5.54 Å². The smallest absolute Gasteiger partial charge is 0.253 e. The van der Waals surface area contributed by atoms with Gasteiger partial charge in [0.1, 0.15) is 17.9 Å². The van der Waals surface area contributed by atoms with Crippen LogP contribution in [0.3, 0.4) is 0 Å². The van der Waals surface area contributed by atoms with Gasteiger partial charge in [0.05, 0.1) is 0 Å². The number of carbonyl (C=O) groups excluding carboxylic acids is 2. The van der Waals surface area contributed by atoms with Gasteiger partial charge in [-0.05, 0) is 37.5 Å². The fourth-order valence-corrected chi connectivity index (χ4v) is 2.52. The van der Waals surface area contributed by atoms with E-state index in [2.05, 4.69) is 5.32 Å². The lowest BCUT2D eigenvalue weighted by Crippen LogP contribution is -2.66. The van der Waals surface area contributed by atoms with E-state index in [1.54, 1.807) is 19.1 Å². The highest BCUT2D eigenvalue weighted by Crippen LogP contribution is 2.27. The van der Waals surface area contributed by atoms with E-state index in [4.69, 9.17) is 0 Å². The summed E-state index contributed by atoms with van der Waals surface area (Å²) in [6.07, 6.45) is 1.03. The fourth-order valence-electron chi connectivity index (χ4n) is 2.52. The minimum Gasteiger partial charge on any atom is -0.340 e. The molecule has 1 aromatic rings. The zero-order valence-electron chi connectivity index (χ0n) is 12.0. The molecule has 1 aliphatic heterocycles. The topological polar surface area (TPSA) is 49.4 Å². The van der Waals surface area contributed by atoms with Gasteiger partial charge in [0.2, 0.25) is 5.91 Å². The first-order valence-corrected chi connectivity index (χ1v) is 6.82. The summed E-state index contributed by atoms with van der Waals surface area (Å²) in [5.74, 6) is -0.764. The standard InChI is InChI=1S/C15H19FN2O2/c1-4-15(5-2)14(20)18(9-13(19)17-15)11-7-6-10(3)12(16)8-11/h6-8H,4-5,9H2,1-3H3,(H,17,19). The van der Waals surface area contributed by atoms with E-state index in [1.165, 1.54) is 11.0 Å². The Bertz CT molecular complexity index is 553. The minimum atomic E-state index is -0.878. The van der Waals surface area contributed by atoms with Gasteiger partial charge in [-0.15, -0.1) is 0 Å². The predicted molar refractivity (Wildman–Crippen MR) is 74.9 cm³/mol. The Labute approximate surface area is 118 Å². The zero-order valence-corrected chi connectivity index (χ0v) is 12.0. The first kappa shape index (κ1) is 14.5. The summed E-state index contributed by atoms with van der Waals surface area (Å²) in [6.45, 7) is 5.32. The maximum Gasteiger partial charge on any atom is 0.253 e. The molecule has 0 unspecified atom stereocenters. The number of aryl methyl sites for hydroxylation is 1. The van der Waals surface area contributed by atoms with E-state index in [9.17, 15) is 14.0 Å². The molecule has 108 valence electrons. The summed E-state index contributed by atoms with van der Waals surface area (Å²) in [7, 11) is 0. The van der Waals surface area contributed by atoms with Gasteiger partial charge in [0.25, 0.3) is 5.91 Å². The molecular weight excluding hydrogens is 259 g/mol. The van der Waals surface area contributed by atoms with Crippen LogP contribution in [0.1, 0.15) is 32.3 Å². The van der Waals surface area contributed by atoms with Crippen molar-refractivity contribution in [2.75, 3.05) is 11.4 Å². The summed E-state index contributed by atoms with van der Waals surface area (Å²) in [5.41, 5.74) is 0.0654. The average Bonchev–Trinajstić information content (AvgIpc) is 2.44. The average molecular weight is 278 g/mol. The predicted octanol–water partition coefficient (Wildman–Crippen LogP) is 2.16. The Morgan fingerprint density at radius 1 is 1.30 bits per heavy atom. The van der Waals surface area contributed by atoms with E-state index in [0.29, 0.717) is 24.1 Å². The summed E-state index contributed by atoms with van der Waals surface area (Å²) in [4.78, 5) is 25.9. The number of hydrogen-bond acceptors (Lipinski definition) is 2. The molecule has 20 heavy (non-hydrogen) atoms. The molecule has 0 spiro atoms. The number of amides is 2. The second-order valence-electron chi connectivity index (χ2n) is 5.16. The highest BCUT2D eigenvalue weighted by molar-refractivity contribution is 6.09. The Hall–Kier alpha value is -1.91. The molecule has 1 aromatic carbocycles. The quantitative estimate of drug-likeness (QED) is 0.921. The molecule has 1 saturated heterocycles. The molecular formula is C15H19FN2O2. The van der Waals surface area contributed by atoms with E-state index in [1.807, 2.05) is 13.8 Å². The van der Waals surface area contributed by atoms with Crippen molar-refractivity contribution in [3.63, 3.8) is 0 Å². The minimum absolute atomic E-state index is 0.0664. The van der Waals surface area contributed by atoms with Crippen LogP contribution >= 0.6 is 0 Å². The number of halogens is 1. The molecule has 1 N–H and O–H groups in total. The second kappa shape index (κ2) is 5.23. The molecule has 0 bridgehead atoms. The molecule has 1 aliphatic rings. The zero-order chi connectivity index (χ0) is 14.9. The van der Waals surface area contributed by atoms with Gasteiger partial charge in [0, 0.05) is 5.69 Å². The second-order valence-corrected chi connectivity index (χ2v) is 5.16. The molecule has 2 amide bonds. The maximum absolute atomic E-state index is 13.7. The lowest BCUT2D eigenvalue weighted by molar-refractivity contribution is -0.136. The molecule has 0 radical (unpaired) electrons. The van der Waals surface area contributed by atoms with Crippen LogP contribution in [0.15, 0.2) is 18.2 Å². The van der Waals surface area contributed by atoms with Crippen molar-refractivity contribution in [1.82, 2.24) is 5.32 Å². The first-order chi connectivity index (χ1) is 9.43. The summed E-state index contributed by atoms with van der Waals surface area (Å²) in [5, 5.41) is 2.78. The van der Waals surface area contributed by atoms with Crippen LogP contribution in [-0.4, -0.2) is 23.9 Å². The molecule has 0 atom stereocenters. The third kappa shape index (κ3) is 2.28. The van der Waals surface area contributed by atoms with Crippen LogP contribution in [0.5, 0.6) is 0 Å². The number of rotatable bonds is 3. The number of nitrogens with one attached hydrogen (secondary N) is 1. The van der Waals surface area contributed by atoms with Crippen molar-refractivity contribution < 1.29 is 14.0 Å². The Morgan fingerprint density at radius 3 is 2.50 bits per heavy atom. The highest BCUT2D eigenvalue weighted by atomic mass is 19.1. The maximum atomic E-state index is 13.7. The van der Waals surface area contributed by atoms with Gasteiger partial charge >= 0.3 is 0 Å². The molecule has 1 heterocycles. The molecule has 2 rings (SSSR count). The first-order valence-electron chi connectivity index (χ1n) is 6.82. The van der Waals surface area contributed by atoms with Gasteiger partial charge in [-0.25, -0.2) is 4.39 Å². The number of piperazine rings is 1. The largest absolute Gasteiger partial charge is 0.340 e. The van der Waals surface area contributed by atoms with Crippen LogP contribution in [0, 0.1) is 12.7 Å². The van der Waals surface area contributed by atoms with E-state index >= 15 is 0 Å². The number of nitrogens with zero attached hydrogens (tertiary/aromatic N) is 1. The van der Waals surface area contributed by atoms with Crippen LogP contribution in [0.25, 0.3) is 0 Å². The van der Waals surface area contributed by atoms with Gasteiger partial charge in [-0.1, -0.05) is 19.9 Å². The van der Waals surface area contributed by atoms with Crippen molar-refractivity contribution in [3.05, 3.63) is 29.6 Å². The number of benzene rings is 1. The van der Waals surface area contributed by atoms with E-state index in [0.717, 1.165) is 0 Å². The summed E-state index contributed by atoms with van der Waals surface area (Å²) in [6, 6.07) is 4.59. The molecule has 0 aliphatic carbocycles. The SMILES string of the molecule is CCC1(CC)NC(=O)CN(c2ccc(C)c(F)c2)C1=O. The normalized spacial score (nSPS) is 18.1. The van der Waals surface area contributed by atoms with Crippen LogP contribution in [0.4, 0.5) is 10.1 Å². The van der Waals surface area contributed by atoms with Crippen LogP contribution in [-0.2, 0) is 9.59 Å². The van der Waals surface area contributed by atoms with Crippen molar-refractivity contribution in [3.8, 4) is 0 Å². The van der Waals surface area contributed by atoms with Crippen molar-refractivity contribution in [2.45, 2.75) is 39.2 Å². The fraction of sp³-hybridized carbons (Fsp3) is 0.467. The van der Waals surface area contributed by atoms with Gasteiger partial charge < -0.3 is 10.2 Å². The lowest BCUT2D eigenvalue weighted by Gasteiger charge is -2.41. The monoisotopic (exact) mass is 278 g/mol. The van der Waals surface area contributed by atoms with E-state index in [-0.39, 0.29) is 24.2 Å². The molecule has 5 heteroatoms. The highest BCUT2D eigenvalue weighted by Gasteiger charge is 2.44. The number of carbonyl (C=O) groups is 2. The van der Waals surface area contributed by atoms with Gasteiger partial charge in [-0.3, -0.25) is 9.59 Å². The Kier molecular flexibility index (Phi) is 3.79. The summed E-state index contributed by atoms with van der Waals surface area (Å²) < 4.78 is 13.7. The lowest BCUT2D eigenvalue weighted by atomic mass is 9.88.